The van der Waals surface area contributed by atoms with Crippen molar-refractivity contribution in [3.63, 3.8) is 0 Å². The van der Waals surface area contributed by atoms with E-state index in [9.17, 15) is 14.0 Å². The molecule has 0 saturated heterocycles. The van der Waals surface area contributed by atoms with Crippen LogP contribution < -0.4 is 11.2 Å². The Morgan fingerprint density at radius 2 is 1.89 bits per heavy atom. The predicted molar refractivity (Wildman–Crippen MR) is 106 cm³/mol. The number of hydrogen-bond acceptors (Lipinski definition) is 3. The number of fused-ring (bicyclic) bond motifs is 1. The second-order valence-electron chi connectivity index (χ2n) is 6.28. The number of hydrogen-bond donors (Lipinski definition) is 0. The Morgan fingerprint density at radius 1 is 1.11 bits per heavy atom. The van der Waals surface area contributed by atoms with Crippen molar-refractivity contribution in [3.05, 3.63) is 92.1 Å². The maximum Gasteiger partial charge on any atom is 0.337 e. The molecule has 0 amide bonds. The fourth-order valence-electron chi connectivity index (χ4n) is 3.20. The van der Waals surface area contributed by atoms with Gasteiger partial charge in [-0.2, -0.15) is 0 Å². The highest BCUT2D eigenvalue weighted by molar-refractivity contribution is 6.30. The second-order valence-corrected chi connectivity index (χ2v) is 6.72. The molecule has 0 aliphatic rings. The molecule has 0 radical (unpaired) electrons. The molecule has 0 aliphatic heterocycles. The minimum atomic E-state index is -0.607. The van der Waals surface area contributed by atoms with Crippen LogP contribution in [-0.2, 0) is 13.1 Å². The van der Waals surface area contributed by atoms with E-state index in [4.69, 9.17) is 11.6 Å². The first kappa shape index (κ1) is 18.2. The smallest absolute Gasteiger partial charge is 0.325 e. The van der Waals surface area contributed by atoms with E-state index in [0.717, 1.165) is 4.57 Å². The molecule has 0 N–H and O–H groups in total. The first-order chi connectivity index (χ1) is 13.5. The number of imidazole rings is 1. The fourth-order valence-corrected chi connectivity index (χ4v) is 3.39. The van der Waals surface area contributed by atoms with Crippen LogP contribution in [0.1, 0.15) is 12.5 Å². The van der Waals surface area contributed by atoms with Gasteiger partial charge in [-0.1, -0.05) is 35.9 Å². The molecular weight excluding hydrogens is 383 g/mol. The van der Waals surface area contributed by atoms with Crippen LogP contribution in [0.5, 0.6) is 0 Å². The Balaban J connectivity index is 2.07. The van der Waals surface area contributed by atoms with Crippen LogP contribution in [0.3, 0.4) is 0 Å². The summed E-state index contributed by atoms with van der Waals surface area (Å²) in [5, 5.41) is 0.444. The lowest BCUT2D eigenvalue weighted by atomic mass is 10.2. The molecule has 0 aliphatic carbocycles. The predicted octanol–water partition coefficient (Wildman–Crippen LogP) is 3.21. The van der Waals surface area contributed by atoms with Gasteiger partial charge in [-0.15, -0.1) is 0 Å². The zero-order valence-electron chi connectivity index (χ0n) is 15.0. The van der Waals surface area contributed by atoms with Gasteiger partial charge in [0.25, 0.3) is 5.56 Å². The highest BCUT2D eigenvalue weighted by atomic mass is 35.5. The largest absolute Gasteiger partial charge is 0.337 e. The summed E-state index contributed by atoms with van der Waals surface area (Å²) >= 11 is 6.09. The lowest BCUT2D eigenvalue weighted by Gasteiger charge is -2.13. The molecule has 0 atom stereocenters. The quantitative estimate of drug-likeness (QED) is 0.530. The molecule has 6 nitrogen and oxygen atoms in total. The highest BCUT2D eigenvalue weighted by Crippen LogP contribution is 2.17. The zero-order chi connectivity index (χ0) is 19.8. The number of aryl methyl sites for hydroxylation is 1. The first-order valence-corrected chi connectivity index (χ1v) is 9.09. The van der Waals surface area contributed by atoms with Crippen molar-refractivity contribution in [1.29, 1.82) is 0 Å². The third-order valence-corrected chi connectivity index (χ3v) is 4.83. The maximum absolute atomic E-state index is 14.2. The Labute approximate surface area is 164 Å². The molecule has 8 heteroatoms. The summed E-state index contributed by atoms with van der Waals surface area (Å²) in [4.78, 5) is 30.6. The van der Waals surface area contributed by atoms with Crippen molar-refractivity contribution < 1.29 is 4.39 Å². The molecule has 0 bridgehead atoms. The van der Waals surface area contributed by atoms with Crippen LogP contribution >= 0.6 is 11.6 Å². The van der Waals surface area contributed by atoms with Crippen molar-refractivity contribution in [2.75, 3.05) is 0 Å². The van der Waals surface area contributed by atoms with Crippen LogP contribution in [0.25, 0.3) is 16.9 Å². The molecule has 2 aromatic heterocycles. The molecule has 0 unspecified atom stereocenters. The van der Waals surface area contributed by atoms with Gasteiger partial charge in [0.15, 0.2) is 11.2 Å². The van der Waals surface area contributed by atoms with Gasteiger partial charge in [0, 0.05) is 17.1 Å². The molecule has 28 heavy (non-hydrogen) atoms. The van der Waals surface area contributed by atoms with Crippen molar-refractivity contribution in [2.45, 2.75) is 20.0 Å². The minimum absolute atomic E-state index is 0.185. The summed E-state index contributed by atoms with van der Waals surface area (Å²) in [5.41, 5.74) is 0.125. The summed E-state index contributed by atoms with van der Waals surface area (Å²) in [6.45, 7) is 2.19. The molecule has 0 saturated carbocycles. The van der Waals surface area contributed by atoms with Gasteiger partial charge in [-0.25, -0.2) is 18.7 Å². The number of rotatable bonds is 4. The minimum Gasteiger partial charge on any atom is -0.325 e. The molecule has 4 rings (SSSR count). The fraction of sp³-hybridized carbons (Fsp3) is 0.150. The average Bonchev–Trinajstić information content (AvgIpc) is 3.10. The monoisotopic (exact) mass is 398 g/mol. The lowest BCUT2D eigenvalue weighted by Crippen LogP contribution is -2.40. The van der Waals surface area contributed by atoms with Crippen LogP contribution in [0.2, 0.25) is 5.02 Å². The molecule has 0 fully saturated rings. The SMILES string of the molecule is CCn1cnc2c1c(=O)n(Cc1ccccc1F)c(=O)n2-c1cccc(Cl)c1. The molecular formula is C20H16ClFN4O2. The second kappa shape index (κ2) is 7.09. The van der Waals surface area contributed by atoms with E-state index in [-0.39, 0.29) is 23.3 Å². The standard InChI is InChI=1S/C20H16ClFN4O2/c1-2-24-12-23-18-17(24)19(27)25(11-13-6-3-4-9-16(13)22)20(28)26(18)15-8-5-7-14(21)10-15/h3-10,12H,2,11H2,1H3. The van der Waals surface area contributed by atoms with Crippen LogP contribution in [0.15, 0.2) is 64.4 Å². The third kappa shape index (κ3) is 2.93. The van der Waals surface area contributed by atoms with Gasteiger partial charge in [0.05, 0.1) is 18.6 Å². The molecule has 4 aromatic rings. The van der Waals surface area contributed by atoms with Crippen molar-refractivity contribution in [1.82, 2.24) is 18.7 Å². The van der Waals surface area contributed by atoms with E-state index in [2.05, 4.69) is 4.98 Å². The zero-order valence-corrected chi connectivity index (χ0v) is 15.7. The molecule has 142 valence electrons. The third-order valence-electron chi connectivity index (χ3n) is 4.59. The first-order valence-electron chi connectivity index (χ1n) is 8.71. The normalized spacial score (nSPS) is 11.2. The van der Waals surface area contributed by atoms with Gasteiger partial charge in [0.1, 0.15) is 5.82 Å². The van der Waals surface area contributed by atoms with Crippen molar-refractivity contribution in [3.8, 4) is 5.69 Å². The van der Waals surface area contributed by atoms with E-state index >= 15 is 0 Å². The van der Waals surface area contributed by atoms with Gasteiger partial charge >= 0.3 is 5.69 Å². The summed E-state index contributed by atoms with van der Waals surface area (Å²) < 4.78 is 18.2. The topological polar surface area (TPSA) is 61.8 Å². The Bertz CT molecular complexity index is 1310. The molecule has 0 spiro atoms. The van der Waals surface area contributed by atoms with Gasteiger partial charge in [0.2, 0.25) is 0 Å². The van der Waals surface area contributed by atoms with Crippen LogP contribution in [0, 0.1) is 5.82 Å². The van der Waals surface area contributed by atoms with E-state index < -0.39 is 17.1 Å². The summed E-state index contributed by atoms with van der Waals surface area (Å²) in [6.07, 6.45) is 1.51. The maximum atomic E-state index is 14.2. The Morgan fingerprint density at radius 3 is 2.61 bits per heavy atom. The van der Waals surface area contributed by atoms with Crippen LogP contribution in [-0.4, -0.2) is 18.7 Å². The highest BCUT2D eigenvalue weighted by Gasteiger charge is 2.19. The van der Waals surface area contributed by atoms with Crippen LogP contribution in [0.4, 0.5) is 4.39 Å². The Hall–Kier alpha value is -3.19. The number of aromatic nitrogens is 4. The molecule has 2 aromatic carbocycles. The van der Waals surface area contributed by atoms with E-state index in [0.29, 0.717) is 17.3 Å². The van der Waals surface area contributed by atoms with E-state index in [1.807, 2.05) is 6.92 Å². The Kier molecular flexibility index (Phi) is 4.60. The summed E-state index contributed by atoms with van der Waals surface area (Å²) in [7, 11) is 0. The van der Waals surface area contributed by atoms with Crippen molar-refractivity contribution >= 4 is 22.8 Å². The summed E-state index contributed by atoms with van der Waals surface area (Å²) in [6, 6.07) is 12.8. The number of nitrogens with zero attached hydrogens (tertiary/aromatic N) is 4. The summed E-state index contributed by atoms with van der Waals surface area (Å²) in [5.74, 6) is -0.479. The lowest BCUT2D eigenvalue weighted by molar-refractivity contribution is 0.586. The van der Waals surface area contributed by atoms with Gasteiger partial charge < -0.3 is 4.57 Å². The van der Waals surface area contributed by atoms with E-state index in [1.54, 1.807) is 47.0 Å². The number of halogens is 2. The van der Waals surface area contributed by atoms with Gasteiger partial charge in [-0.3, -0.25) is 9.36 Å². The average molecular weight is 399 g/mol. The molecule has 2 heterocycles. The van der Waals surface area contributed by atoms with E-state index in [1.165, 1.54) is 17.0 Å². The van der Waals surface area contributed by atoms with Crippen molar-refractivity contribution in [2.24, 2.45) is 0 Å². The van der Waals surface area contributed by atoms with Gasteiger partial charge in [-0.05, 0) is 31.2 Å². The number of benzene rings is 2.